The van der Waals surface area contributed by atoms with E-state index in [1.54, 1.807) is 18.5 Å². The van der Waals surface area contributed by atoms with Gasteiger partial charge in [-0.2, -0.15) is 4.31 Å². The first kappa shape index (κ1) is 16.4. The second-order valence-corrected chi connectivity index (χ2v) is 6.44. The summed E-state index contributed by atoms with van der Waals surface area (Å²) < 4.78 is 25.7. The van der Waals surface area contributed by atoms with E-state index in [1.165, 1.54) is 4.31 Å². The van der Waals surface area contributed by atoms with E-state index in [9.17, 15) is 8.42 Å². The Morgan fingerprint density at radius 2 is 2.30 bits per heavy atom. The summed E-state index contributed by atoms with van der Waals surface area (Å²) in [6.45, 7) is 2.21. The Labute approximate surface area is 119 Å². The van der Waals surface area contributed by atoms with E-state index in [4.69, 9.17) is 10.9 Å². The van der Waals surface area contributed by atoms with E-state index in [-0.39, 0.29) is 31.1 Å². The van der Waals surface area contributed by atoms with E-state index in [1.807, 2.05) is 13.0 Å². The maximum absolute atomic E-state index is 12.2. The van der Waals surface area contributed by atoms with Gasteiger partial charge in [0.15, 0.2) is 0 Å². The van der Waals surface area contributed by atoms with Crippen molar-refractivity contribution in [1.82, 2.24) is 9.29 Å². The number of hydrogen-bond acceptors (Lipinski definition) is 5. The predicted molar refractivity (Wildman–Crippen MR) is 76.8 cm³/mol. The van der Waals surface area contributed by atoms with Gasteiger partial charge in [0, 0.05) is 31.9 Å². The highest BCUT2D eigenvalue weighted by Crippen LogP contribution is 2.11. The van der Waals surface area contributed by atoms with Crippen molar-refractivity contribution in [1.29, 1.82) is 0 Å². The Hall–Kier alpha value is -1.67. The molecule has 1 aromatic heterocycles. The fourth-order valence-corrected chi connectivity index (χ4v) is 3.18. The summed E-state index contributed by atoms with van der Waals surface area (Å²) in [6, 6.07) is 3.56. The van der Waals surface area contributed by atoms with Crippen LogP contribution in [0.4, 0.5) is 0 Å². The molecule has 3 N–H and O–H groups in total. The van der Waals surface area contributed by atoms with Crippen LogP contribution in [-0.2, 0) is 16.6 Å². The molecule has 1 heterocycles. The van der Waals surface area contributed by atoms with Gasteiger partial charge in [0.2, 0.25) is 10.0 Å². The maximum Gasteiger partial charge on any atom is 0.214 e. The molecule has 0 unspecified atom stereocenters. The van der Waals surface area contributed by atoms with Crippen molar-refractivity contribution >= 4 is 15.9 Å². The number of rotatable bonds is 8. The Bertz CT molecular complexity index is 531. The first-order valence-electron chi connectivity index (χ1n) is 6.32. The number of amidine groups is 1. The molecular formula is C12H20N4O3S. The van der Waals surface area contributed by atoms with Crippen LogP contribution in [0.5, 0.6) is 0 Å². The smallest absolute Gasteiger partial charge is 0.214 e. The lowest BCUT2D eigenvalue weighted by Crippen LogP contribution is -2.35. The molecule has 0 aliphatic heterocycles. The summed E-state index contributed by atoms with van der Waals surface area (Å²) >= 11 is 0. The molecule has 0 saturated carbocycles. The molecule has 0 aromatic carbocycles. The average Bonchev–Trinajstić information content (AvgIpc) is 2.43. The number of oxime groups is 1. The Kier molecular flexibility index (Phi) is 6.40. The van der Waals surface area contributed by atoms with E-state index in [0.717, 1.165) is 5.56 Å². The highest BCUT2D eigenvalue weighted by Gasteiger charge is 2.21. The van der Waals surface area contributed by atoms with Crippen LogP contribution in [0.25, 0.3) is 0 Å². The number of pyridine rings is 1. The Morgan fingerprint density at radius 3 is 2.85 bits per heavy atom. The topological polar surface area (TPSA) is 109 Å². The third kappa shape index (κ3) is 5.14. The number of hydrogen-bond donors (Lipinski definition) is 2. The molecule has 1 aromatic rings. The van der Waals surface area contributed by atoms with Gasteiger partial charge in [-0.1, -0.05) is 18.1 Å². The quantitative estimate of drug-likeness (QED) is 0.319. The summed E-state index contributed by atoms with van der Waals surface area (Å²) in [5.74, 6) is 0.0802. The van der Waals surface area contributed by atoms with E-state index in [0.29, 0.717) is 6.42 Å². The summed E-state index contributed by atoms with van der Waals surface area (Å²) in [6.07, 6.45) is 3.97. The van der Waals surface area contributed by atoms with E-state index < -0.39 is 10.0 Å². The maximum atomic E-state index is 12.2. The molecule has 0 amide bonds. The standard InChI is InChI=1S/C12H20N4O3S/c1-2-8-20(18,19)16(7-5-12(13)15-17)10-11-4-3-6-14-9-11/h3-4,6,9,17H,2,5,7-8,10H2,1H3,(H2,13,15). The van der Waals surface area contributed by atoms with Crippen LogP contribution >= 0.6 is 0 Å². The van der Waals surface area contributed by atoms with Gasteiger partial charge >= 0.3 is 0 Å². The van der Waals surface area contributed by atoms with Crippen molar-refractivity contribution in [3.8, 4) is 0 Å². The third-order valence-corrected chi connectivity index (χ3v) is 4.71. The van der Waals surface area contributed by atoms with Crippen LogP contribution < -0.4 is 5.73 Å². The van der Waals surface area contributed by atoms with E-state index in [2.05, 4.69) is 10.1 Å². The molecule has 0 aliphatic carbocycles. The minimum atomic E-state index is -3.36. The first-order valence-corrected chi connectivity index (χ1v) is 7.93. The highest BCUT2D eigenvalue weighted by atomic mass is 32.2. The third-order valence-electron chi connectivity index (χ3n) is 2.68. The van der Waals surface area contributed by atoms with Gasteiger partial charge in [-0.3, -0.25) is 4.98 Å². The molecule has 0 saturated heterocycles. The van der Waals surface area contributed by atoms with Crippen molar-refractivity contribution in [3.63, 3.8) is 0 Å². The fraction of sp³-hybridized carbons (Fsp3) is 0.500. The molecular weight excluding hydrogens is 280 g/mol. The van der Waals surface area contributed by atoms with Crippen LogP contribution in [0, 0.1) is 0 Å². The van der Waals surface area contributed by atoms with Crippen LogP contribution in [0.3, 0.4) is 0 Å². The van der Waals surface area contributed by atoms with Gasteiger partial charge in [0.1, 0.15) is 5.84 Å². The van der Waals surface area contributed by atoms with Crippen LogP contribution in [0.15, 0.2) is 29.7 Å². The molecule has 112 valence electrons. The minimum absolute atomic E-state index is 0.00730. The summed E-state index contributed by atoms with van der Waals surface area (Å²) in [5.41, 5.74) is 6.20. The molecule has 0 fully saturated rings. The predicted octanol–water partition coefficient (Wildman–Crippen LogP) is 0.760. The molecule has 0 radical (unpaired) electrons. The molecule has 0 bridgehead atoms. The van der Waals surface area contributed by atoms with Gasteiger partial charge in [0.25, 0.3) is 0 Å². The number of sulfonamides is 1. The molecule has 8 heteroatoms. The van der Waals surface area contributed by atoms with Crippen molar-refractivity contribution in [3.05, 3.63) is 30.1 Å². The normalized spacial score (nSPS) is 12.8. The zero-order chi connectivity index (χ0) is 15.0. The lowest BCUT2D eigenvalue weighted by molar-refractivity contribution is 0.315. The summed E-state index contributed by atoms with van der Waals surface area (Å²) in [5, 5.41) is 11.4. The molecule has 7 nitrogen and oxygen atoms in total. The lowest BCUT2D eigenvalue weighted by Gasteiger charge is -2.21. The summed E-state index contributed by atoms with van der Waals surface area (Å²) in [4.78, 5) is 3.97. The monoisotopic (exact) mass is 300 g/mol. The van der Waals surface area contributed by atoms with Crippen molar-refractivity contribution in [2.75, 3.05) is 12.3 Å². The minimum Gasteiger partial charge on any atom is -0.409 e. The highest BCUT2D eigenvalue weighted by molar-refractivity contribution is 7.89. The zero-order valence-corrected chi connectivity index (χ0v) is 12.3. The molecule has 0 spiro atoms. The van der Waals surface area contributed by atoms with Gasteiger partial charge in [-0.25, -0.2) is 8.42 Å². The average molecular weight is 300 g/mol. The second-order valence-electron chi connectivity index (χ2n) is 4.35. The Balaban J connectivity index is 2.84. The SMILES string of the molecule is CCCS(=O)(=O)N(CC/C(N)=N/O)Cc1cccnc1. The van der Waals surface area contributed by atoms with Crippen molar-refractivity contribution in [2.24, 2.45) is 10.9 Å². The van der Waals surface area contributed by atoms with Crippen molar-refractivity contribution in [2.45, 2.75) is 26.3 Å². The lowest BCUT2D eigenvalue weighted by atomic mass is 10.3. The molecule has 0 aliphatic rings. The zero-order valence-electron chi connectivity index (χ0n) is 11.4. The first-order chi connectivity index (χ1) is 9.49. The molecule has 20 heavy (non-hydrogen) atoms. The molecule has 0 atom stereocenters. The van der Waals surface area contributed by atoms with Gasteiger partial charge in [-0.15, -0.1) is 0 Å². The number of aromatic nitrogens is 1. The largest absolute Gasteiger partial charge is 0.409 e. The number of nitrogens with zero attached hydrogens (tertiary/aromatic N) is 3. The number of nitrogens with two attached hydrogens (primary N) is 1. The second kappa shape index (κ2) is 7.81. The fourth-order valence-electron chi connectivity index (χ4n) is 1.69. The van der Waals surface area contributed by atoms with Gasteiger partial charge < -0.3 is 10.9 Å². The Morgan fingerprint density at radius 1 is 1.55 bits per heavy atom. The van der Waals surface area contributed by atoms with Gasteiger partial charge in [0.05, 0.1) is 5.75 Å². The van der Waals surface area contributed by atoms with Crippen LogP contribution in [0.2, 0.25) is 0 Å². The van der Waals surface area contributed by atoms with E-state index >= 15 is 0 Å². The summed E-state index contributed by atoms with van der Waals surface area (Å²) in [7, 11) is -3.36. The van der Waals surface area contributed by atoms with Gasteiger partial charge in [-0.05, 0) is 18.1 Å². The van der Waals surface area contributed by atoms with Crippen LogP contribution in [0.1, 0.15) is 25.3 Å². The van der Waals surface area contributed by atoms with Crippen LogP contribution in [-0.4, -0.2) is 41.0 Å². The van der Waals surface area contributed by atoms with Crippen molar-refractivity contribution < 1.29 is 13.6 Å². The molecule has 1 rings (SSSR count).